The van der Waals surface area contributed by atoms with Crippen molar-refractivity contribution in [2.24, 2.45) is 0 Å². The third-order valence-corrected chi connectivity index (χ3v) is 3.88. The molecule has 0 aromatic carbocycles. The van der Waals surface area contributed by atoms with Gasteiger partial charge in [0.2, 0.25) is 5.91 Å². The van der Waals surface area contributed by atoms with E-state index in [1.807, 2.05) is 4.90 Å². The number of alkyl halides is 1. The summed E-state index contributed by atoms with van der Waals surface area (Å²) in [5.41, 5.74) is 0. The highest BCUT2D eigenvalue weighted by molar-refractivity contribution is 6.18. The molecule has 1 amide bonds. The second kappa shape index (κ2) is 6.28. The molecule has 94 valence electrons. The molecule has 0 aromatic heterocycles. The molecule has 0 radical (unpaired) electrons. The average Bonchev–Trinajstić information content (AvgIpc) is 2.93. The van der Waals surface area contributed by atoms with E-state index in [4.69, 9.17) is 11.6 Å². The van der Waals surface area contributed by atoms with Crippen LogP contribution in [0.25, 0.3) is 0 Å². The van der Waals surface area contributed by atoms with Crippen molar-refractivity contribution < 1.29 is 4.79 Å². The van der Waals surface area contributed by atoms with Crippen molar-refractivity contribution in [3.8, 4) is 11.8 Å². The molecule has 2 aliphatic rings. The van der Waals surface area contributed by atoms with Crippen molar-refractivity contribution in [2.75, 3.05) is 32.1 Å². The molecule has 2 heterocycles. The maximum Gasteiger partial charge on any atom is 0.223 e. The number of halogens is 1. The molecular weight excluding hydrogens is 236 g/mol. The predicted molar refractivity (Wildman–Crippen MR) is 68.9 cm³/mol. The van der Waals surface area contributed by atoms with Gasteiger partial charge in [-0.15, -0.1) is 11.6 Å². The molecule has 17 heavy (non-hydrogen) atoms. The number of hydrogen-bond acceptors (Lipinski definition) is 2. The van der Waals surface area contributed by atoms with Gasteiger partial charge in [-0.1, -0.05) is 11.8 Å². The van der Waals surface area contributed by atoms with Gasteiger partial charge in [0, 0.05) is 24.9 Å². The smallest absolute Gasteiger partial charge is 0.223 e. The summed E-state index contributed by atoms with van der Waals surface area (Å²) in [6, 6.07) is 0.499. The van der Waals surface area contributed by atoms with Crippen LogP contribution in [-0.4, -0.2) is 53.8 Å². The average molecular weight is 255 g/mol. The summed E-state index contributed by atoms with van der Waals surface area (Å²) in [6.07, 6.45) is 4.10. The maximum atomic E-state index is 11.4. The van der Waals surface area contributed by atoms with E-state index in [2.05, 4.69) is 16.7 Å². The summed E-state index contributed by atoms with van der Waals surface area (Å²) in [4.78, 5) is 15.5. The molecule has 2 saturated heterocycles. The number of carbonyl (C=O) groups is 1. The van der Waals surface area contributed by atoms with Crippen LogP contribution in [0.2, 0.25) is 0 Å². The molecular formula is C13H19ClN2O. The van der Waals surface area contributed by atoms with Crippen LogP contribution in [0.4, 0.5) is 0 Å². The Morgan fingerprint density at radius 3 is 2.76 bits per heavy atom. The second-order valence-corrected chi connectivity index (χ2v) is 5.00. The molecule has 2 rings (SSSR count). The van der Waals surface area contributed by atoms with Gasteiger partial charge in [-0.2, -0.15) is 0 Å². The first-order chi connectivity index (χ1) is 8.31. The van der Waals surface area contributed by atoms with Crippen molar-refractivity contribution in [1.29, 1.82) is 0 Å². The highest BCUT2D eigenvalue weighted by Gasteiger charge is 2.22. The van der Waals surface area contributed by atoms with Gasteiger partial charge in [0.05, 0.1) is 13.1 Å². The monoisotopic (exact) mass is 254 g/mol. The molecule has 4 heteroatoms. The molecule has 0 bridgehead atoms. The van der Waals surface area contributed by atoms with E-state index in [9.17, 15) is 4.79 Å². The lowest BCUT2D eigenvalue weighted by Gasteiger charge is -2.19. The Labute approximate surface area is 108 Å². The van der Waals surface area contributed by atoms with Gasteiger partial charge < -0.3 is 4.90 Å². The van der Waals surface area contributed by atoms with E-state index >= 15 is 0 Å². The molecule has 3 nitrogen and oxygen atoms in total. The topological polar surface area (TPSA) is 23.6 Å². The molecule has 0 saturated carbocycles. The summed E-state index contributed by atoms with van der Waals surface area (Å²) < 4.78 is 0. The minimum absolute atomic E-state index is 0.249. The van der Waals surface area contributed by atoms with Crippen LogP contribution in [-0.2, 0) is 4.79 Å². The fourth-order valence-electron chi connectivity index (χ4n) is 2.46. The molecule has 0 spiro atoms. The van der Waals surface area contributed by atoms with Crippen LogP contribution in [0.15, 0.2) is 0 Å². The summed E-state index contributed by atoms with van der Waals surface area (Å²) >= 11 is 5.90. The normalized spacial score (nSPS) is 25.1. The van der Waals surface area contributed by atoms with Crippen molar-refractivity contribution in [2.45, 2.75) is 31.7 Å². The third kappa shape index (κ3) is 3.37. The van der Waals surface area contributed by atoms with Crippen LogP contribution in [0.1, 0.15) is 25.7 Å². The number of nitrogens with zero attached hydrogens (tertiary/aromatic N) is 2. The Morgan fingerprint density at radius 2 is 2.06 bits per heavy atom. The van der Waals surface area contributed by atoms with Crippen LogP contribution in [0.3, 0.4) is 0 Å². The highest BCUT2D eigenvalue weighted by atomic mass is 35.5. The molecule has 2 fully saturated rings. The number of likely N-dealkylation sites (tertiary alicyclic amines) is 2. The summed E-state index contributed by atoms with van der Waals surface area (Å²) in [6.45, 7) is 3.37. The van der Waals surface area contributed by atoms with Gasteiger partial charge in [-0.05, 0) is 25.8 Å². The number of carbonyl (C=O) groups excluding carboxylic acids is 1. The van der Waals surface area contributed by atoms with Crippen LogP contribution < -0.4 is 0 Å². The Morgan fingerprint density at radius 1 is 1.24 bits per heavy atom. The Kier molecular flexibility index (Phi) is 4.70. The minimum atomic E-state index is 0.249. The van der Waals surface area contributed by atoms with Crippen LogP contribution in [0.5, 0.6) is 0 Å². The lowest BCUT2D eigenvalue weighted by atomic mass is 10.2. The SMILES string of the molecule is O=C1CCCN1CC#CCN1CCCC1CCl. The third-order valence-electron chi connectivity index (χ3n) is 3.53. The Bertz CT molecular complexity index is 334. The van der Waals surface area contributed by atoms with Crippen molar-refractivity contribution in [1.82, 2.24) is 9.80 Å². The number of rotatable bonds is 3. The van der Waals surface area contributed by atoms with E-state index < -0.39 is 0 Å². The second-order valence-electron chi connectivity index (χ2n) is 4.69. The van der Waals surface area contributed by atoms with Crippen LogP contribution in [0, 0.1) is 11.8 Å². The standard InChI is InChI=1S/C13H19ClN2O/c14-11-12-5-3-9-15(12)7-1-2-8-16-10-4-6-13(16)17/h12H,3-11H2. The van der Waals surface area contributed by atoms with Crippen LogP contribution >= 0.6 is 11.6 Å². The maximum absolute atomic E-state index is 11.4. The number of amides is 1. The van der Waals surface area contributed by atoms with Gasteiger partial charge in [0.1, 0.15) is 0 Å². The molecule has 0 N–H and O–H groups in total. The van der Waals surface area contributed by atoms with Crippen molar-refractivity contribution in [3.63, 3.8) is 0 Å². The highest BCUT2D eigenvalue weighted by Crippen LogP contribution is 2.17. The van der Waals surface area contributed by atoms with Gasteiger partial charge in [0.25, 0.3) is 0 Å². The van der Waals surface area contributed by atoms with Crippen molar-refractivity contribution >= 4 is 17.5 Å². The minimum Gasteiger partial charge on any atom is -0.332 e. The van der Waals surface area contributed by atoms with Gasteiger partial charge in [-0.3, -0.25) is 9.69 Å². The first-order valence-electron chi connectivity index (χ1n) is 6.35. The Balaban J connectivity index is 1.72. The van der Waals surface area contributed by atoms with E-state index in [0.717, 1.165) is 26.1 Å². The summed E-state index contributed by atoms with van der Waals surface area (Å²) in [7, 11) is 0. The van der Waals surface area contributed by atoms with E-state index in [1.54, 1.807) is 0 Å². The zero-order chi connectivity index (χ0) is 12.1. The zero-order valence-corrected chi connectivity index (χ0v) is 10.9. The predicted octanol–water partition coefficient (Wildman–Crippen LogP) is 1.32. The first kappa shape index (κ1) is 12.7. The fraction of sp³-hybridized carbons (Fsp3) is 0.769. The van der Waals surface area contributed by atoms with Crippen molar-refractivity contribution in [3.05, 3.63) is 0 Å². The molecule has 0 aromatic rings. The Hall–Kier alpha value is -0.720. The summed E-state index contributed by atoms with van der Waals surface area (Å²) in [5, 5.41) is 0. The quantitative estimate of drug-likeness (QED) is 0.560. The largest absolute Gasteiger partial charge is 0.332 e. The lowest BCUT2D eigenvalue weighted by Crippen LogP contribution is -2.31. The zero-order valence-electron chi connectivity index (χ0n) is 10.1. The first-order valence-corrected chi connectivity index (χ1v) is 6.88. The number of hydrogen-bond donors (Lipinski definition) is 0. The molecule has 0 aliphatic carbocycles. The van der Waals surface area contributed by atoms with E-state index in [-0.39, 0.29) is 5.91 Å². The van der Waals surface area contributed by atoms with E-state index in [1.165, 1.54) is 12.8 Å². The molecule has 2 aliphatic heterocycles. The summed E-state index contributed by atoms with van der Waals surface area (Å²) in [5.74, 6) is 7.21. The van der Waals surface area contributed by atoms with Gasteiger partial charge >= 0.3 is 0 Å². The molecule has 1 atom stereocenters. The molecule has 1 unspecified atom stereocenters. The van der Waals surface area contributed by atoms with E-state index in [0.29, 0.717) is 24.9 Å². The fourth-order valence-corrected chi connectivity index (χ4v) is 2.81. The van der Waals surface area contributed by atoms with Gasteiger partial charge in [-0.25, -0.2) is 0 Å². The lowest BCUT2D eigenvalue weighted by molar-refractivity contribution is -0.127. The van der Waals surface area contributed by atoms with Gasteiger partial charge in [0.15, 0.2) is 0 Å².